The van der Waals surface area contributed by atoms with E-state index in [9.17, 15) is 0 Å². The number of thiophene rings is 2. The molecule has 4 heterocycles. The summed E-state index contributed by atoms with van der Waals surface area (Å²) in [7, 11) is 0. The van der Waals surface area contributed by atoms with Gasteiger partial charge in [0.05, 0.1) is 22.6 Å². The standard InChI is InChI=1S/C53H31N3S2/c1-3-13-34(14-4-1)51-41-29-30-47-50(39-18-8-10-23-45(39)58-47)49(41)40-21-11-19-36(52(40)56-51)32-25-27-33(28-26-32)42-31-43(55-53(54-42)35-15-5-2-6-16-35)37-20-12-24-46-48(37)38-17-7-9-22-44(38)57-46/h1-31H. The SMILES string of the molecule is c1ccc(-c2nc(-c3ccc(-c4cccc5c4nc(-c4ccccc4)c4ccc6sc7ccccc7c6c45)cc3)cc(-c3cccc4sc5ccccc5c34)n2)cc1. The van der Waals surface area contributed by atoms with E-state index >= 15 is 0 Å². The molecule has 0 atom stereocenters. The number of fused-ring (bicyclic) bond motifs is 10. The summed E-state index contributed by atoms with van der Waals surface area (Å²) in [5.41, 5.74) is 10.2. The molecular formula is C53H31N3S2. The minimum absolute atomic E-state index is 0.708. The fourth-order valence-electron chi connectivity index (χ4n) is 8.64. The highest BCUT2D eigenvalue weighted by atomic mass is 32.1. The van der Waals surface area contributed by atoms with Gasteiger partial charge in [-0.25, -0.2) is 15.0 Å². The average molecular weight is 774 g/mol. The molecule has 12 rings (SSSR count). The van der Waals surface area contributed by atoms with Crippen molar-refractivity contribution >= 4 is 84.7 Å². The normalized spacial score (nSPS) is 11.8. The molecule has 5 heteroatoms. The minimum atomic E-state index is 0.708. The van der Waals surface area contributed by atoms with Gasteiger partial charge in [0.2, 0.25) is 0 Å². The van der Waals surface area contributed by atoms with E-state index < -0.39 is 0 Å². The average Bonchev–Trinajstić information content (AvgIpc) is 3.88. The van der Waals surface area contributed by atoms with Crippen LogP contribution >= 0.6 is 22.7 Å². The third-order valence-electron chi connectivity index (χ3n) is 11.3. The summed E-state index contributed by atoms with van der Waals surface area (Å²) in [6, 6.07) is 67.0. The van der Waals surface area contributed by atoms with Crippen LogP contribution in [0.5, 0.6) is 0 Å². The van der Waals surface area contributed by atoms with Crippen molar-refractivity contribution in [3.63, 3.8) is 0 Å². The largest absolute Gasteiger partial charge is 0.246 e. The Bertz CT molecular complexity index is 3550. The van der Waals surface area contributed by atoms with Gasteiger partial charge in [-0.3, -0.25) is 0 Å². The highest BCUT2D eigenvalue weighted by molar-refractivity contribution is 7.26. The zero-order valence-electron chi connectivity index (χ0n) is 31.1. The summed E-state index contributed by atoms with van der Waals surface area (Å²) in [5.74, 6) is 0.708. The molecule has 58 heavy (non-hydrogen) atoms. The van der Waals surface area contributed by atoms with E-state index in [0.29, 0.717) is 5.82 Å². The van der Waals surface area contributed by atoms with Crippen LogP contribution in [0.1, 0.15) is 0 Å². The predicted molar refractivity (Wildman–Crippen MR) is 248 cm³/mol. The number of hydrogen-bond acceptors (Lipinski definition) is 5. The van der Waals surface area contributed by atoms with Crippen LogP contribution in [0.25, 0.3) is 118 Å². The Balaban J connectivity index is 1.05. The molecule has 0 bridgehead atoms. The number of para-hydroxylation sites is 1. The topological polar surface area (TPSA) is 38.7 Å². The maximum absolute atomic E-state index is 5.52. The first kappa shape index (κ1) is 33.1. The molecule has 4 aromatic heterocycles. The number of benzene rings is 8. The second-order valence-electron chi connectivity index (χ2n) is 14.7. The molecule has 3 nitrogen and oxygen atoms in total. The van der Waals surface area contributed by atoms with Gasteiger partial charge in [-0.05, 0) is 35.9 Å². The summed E-state index contributed by atoms with van der Waals surface area (Å²) < 4.78 is 5.12. The van der Waals surface area contributed by atoms with Crippen LogP contribution in [0.2, 0.25) is 0 Å². The molecule has 0 spiro atoms. The van der Waals surface area contributed by atoms with E-state index in [-0.39, 0.29) is 0 Å². The first-order valence-electron chi connectivity index (χ1n) is 19.4. The van der Waals surface area contributed by atoms with E-state index in [0.717, 1.165) is 61.4 Å². The molecule has 0 saturated heterocycles. The Kier molecular flexibility index (Phi) is 7.58. The summed E-state index contributed by atoms with van der Waals surface area (Å²) in [6.07, 6.45) is 0. The van der Waals surface area contributed by atoms with Crippen molar-refractivity contribution in [1.82, 2.24) is 15.0 Å². The predicted octanol–water partition coefficient (Wildman–Crippen LogP) is 15.2. The molecule has 0 aliphatic carbocycles. The lowest BCUT2D eigenvalue weighted by Crippen LogP contribution is -1.96. The number of rotatable bonds is 5. The van der Waals surface area contributed by atoms with Gasteiger partial charge in [-0.1, -0.05) is 158 Å². The van der Waals surface area contributed by atoms with Crippen LogP contribution < -0.4 is 0 Å². The zero-order chi connectivity index (χ0) is 38.2. The van der Waals surface area contributed by atoms with Crippen LogP contribution in [0, 0.1) is 0 Å². The second-order valence-corrected chi connectivity index (χ2v) is 16.8. The van der Waals surface area contributed by atoms with Gasteiger partial charge < -0.3 is 0 Å². The maximum Gasteiger partial charge on any atom is 0.160 e. The molecule has 0 saturated carbocycles. The van der Waals surface area contributed by atoms with Crippen LogP contribution in [-0.4, -0.2) is 15.0 Å². The molecule has 8 aromatic carbocycles. The Morgan fingerprint density at radius 3 is 1.64 bits per heavy atom. The maximum atomic E-state index is 5.52. The number of pyridine rings is 1. The molecular weight excluding hydrogens is 743 g/mol. The smallest absolute Gasteiger partial charge is 0.160 e. The van der Waals surface area contributed by atoms with Gasteiger partial charge in [0.25, 0.3) is 0 Å². The number of aromatic nitrogens is 3. The minimum Gasteiger partial charge on any atom is -0.246 e. The first-order valence-corrected chi connectivity index (χ1v) is 21.1. The summed E-state index contributed by atoms with van der Waals surface area (Å²) in [4.78, 5) is 15.9. The van der Waals surface area contributed by atoms with Crippen LogP contribution in [0.15, 0.2) is 188 Å². The van der Waals surface area contributed by atoms with Crippen molar-refractivity contribution in [1.29, 1.82) is 0 Å². The highest BCUT2D eigenvalue weighted by Gasteiger charge is 2.19. The molecule has 0 N–H and O–H groups in total. The molecule has 12 aromatic rings. The van der Waals surface area contributed by atoms with Crippen LogP contribution in [0.3, 0.4) is 0 Å². The lowest BCUT2D eigenvalue weighted by molar-refractivity contribution is 1.19. The first-order chi connectivity index (χ1) is 28.7. The monoisotopic (exact) mass is 773 g/mol. The van der Waals surface area contributed by atoms with Gasteiger partial charge in [0, 0.05) is 84.3 Å². The third kappa shape index (κ3) is 5.28. The van der Waals surface area contributed by atoms with E-state index in [1.807, 2.05) is 40.9 Å². The second kappa shape index (κ2) is 13.3. The summed E-state index contributed by atoms with van der Waals surface area (Å²) >= 11 is 3.68. The Morgan fingerprint density at radius 2 is 0.879 bits per heavy atom. The van der Waals surface area contributed by atoms with Gasteiger partial charge in [-0.15, -0.1) is 22.7 Å². The third-order valence-corrected chi connectivity index (χ3v) is 13.6. The Morgan fingerprint density at radius 1 is 0.310 bits per heavy atom. The summed E-state index contributed by atoms with van der Waals surface area (Å²) in [6.45, 7) is 0. The number of nitrogens with zero attached hydrogens (tertiary/aromatic N) is 3. The molecule has 0 radical (unpaired) electrons. The fourth-order valence-corrected chi connectivity index (χ4v) is 10.9. The summed E-state index contributed by atoms with van der Waals surface area (Å²) in [5, 5.41) is 8.67. The van der Waals surface area contributed by atoms with Crippen molar-refractivity contribution < 1.29 is 0 Å². The molecule has 0 unspecified atom stereocenters. The molecule has 0 aliphatic rings. The zero-order valence-corrected chi connectivity index (χ0v) is 32.7. The Hall–Kier alpha value is -7.05. The van der Waals surface area contributed by atoms with Crippen molar-refractivity contribution in [2.45, 2.75) is 0 Å². The highest BCUT2D eigenvalue weighted by Crippen LogP contribution is 2.45. The lowest BCUT2D eigenvalue weighted by Gasteiger charge is -2.15. The van der Waals surface area contributed by atoms with Crippen molar-refractivity contribution in [3.8, 4) is 56.3 Å². The van der Waals surface area contributed by atoms with Gasteiger partial charge in [0.1, 0.15) is 0 Å². The molecule has 0 amide bonds. The van der Waals surface area contributed by atoms with Gasteiger partial charge in [-0.2, -0.15) is 0 Å². The van der Waals surface area contributed by atoms with Crippen LogP contribution in [0.4, 0.5) is 0 Å². The quantitative estimate of drug-likeness (QED) is 0.164. The van der Waals surface area contributed by atoms with E-state index in [4.69, 9.17) is 15.0 Å². The molecule has 270 valence electrons. The van der Waals surface area contributed by atoms with Crippen LogP contribution in [-0.2, 0) is 0 Å². The van der Waals surface area contributed by atoms with Gasteiger partial charge in [0.15, 0.2) is 5.82 Å². The van der Waals surface area contributed by atoms with E-state index in [1.165, 1.54) is 51.1 Å². The fraction of sp³-hybridized carbons (Fsp3) is 0. The van der Waals surface area contributed by atoms with E-state index in [2.05, 4.69) is 170 Å². The van der Waals surface area contributed by atoms with Crippen molar-refractivity contribution in [2.24, 2.45) is 0 Å². The lowest BCUT2D eigenvalue weighted by atomic mass is 9.93. The van der Waals surface area contributed by atoms with Crippen molar-refractivity contribution in [2.75, 3.05) is 0 Å². The Labute approximate surface area is 342 Å². The van der Waals surface area contributed by atoms with Crippen molar-refractivity contribution in [3.05, 3.63) is 188 Å². The number of hydrogen-bond donors (Lipinski definition) is 0. The molecule has 0 fully saturated rings. The molecule has 0 aliphatic heterocycles. The van der Waals surface area contributed by atoms with E-state index in [1.54, 1.807) is 0 Å². The van der Waals surface area contributed by atoms with Gasteiger partial charge >= 0.3 is 0 Å².